The molecule has 0 aromatic carbocycles. The summed E-state index contributed by atoms with van der Waals surface area (Å²) in [5.41, 5.74) is 0. The van der Waals surface area contributed by atoms with Gasteiger partial charge in [0.25, 0.3) is 0 Å². The van der Waals surface area contributed by atoms with Crippen molar-refractivity contribution in [3.05, 3.63) is 14.7 Å². The summed E-state index contributed by atoms with van der Waals surface area (Å²) >= 11 is 4.50. The molecule has 0 N–H and O–H groups in total. The number of halogens is 1. The third kappa shape index (κ3) is 3.05. The first-order chi connectivity index (χ1) is 7.93. The van der Waals surface area contributed by atoms with Crippen molar-refractivity contribution in [1.82, 2.24) is 4.31 Å². The molecule has 0 spiro atoms. The van der Waals surface area contributed by atoms with Gasteiger partial charge in [-0.05, 0) is 28.9 Å². The van der Waals surface area contributed by atoms with E-state index in [-0.39, 0.29) is 18.0 Å². The second-order valence-corrected chi connectivity index (χ2v) is 7.60. The van der Waals surface area contributed by atoms with Gasteiger partial charge in [-0.3, -0.25) is 0 Å². The average Bonchev–Trinajstić information content (AvgIpc) is 2.58. The van der Waals surface area contributed by atoms with Crippen molar-refractivity contribution in [2.24, 2.45) is 0 Å². The fraction of sp³-hybridized carbons (Fsp3) is 0.333. The van der Waals surface area contributed by atoms with Crippen molar-refractivity contribution in [2.75, 3.05) is 13.1 Å². The monoisotopic (exact) mass is 333 g/mol. The van der Waals surface area contributed by atoms with Gasteiger partial charge in [0, 0.05) is 4.88 Å². The van der Waals surface area contributed by atoms with Crippen LogP contribution in [0.25, 0.3) is 0 Å². The topological polar surface area (TPSA) is 85.0 Å². The molecule has 90 valence electrons. The van der Waals surface area contributed by atoms with E-state index < -0.39 is 10.0 Å². The Morgan fingerprint density at radius 1 is 1.41 bits per heavy atom. The lowest BCUT2D eigenvalue weighted by Gasteiger charge is -2.15. The van der Waals surface area contributed by atoms with E-state index in [2.05, 4.69) is 15.9 Å². The quantitative estimate of drug-likeness (QED) is 0.787. The molecule has 0 amide bonds. The molecular formula is C9H8BrN3O2S2. The smallest absolute Gasteiger partial charge is 0.207 e. The molecule has 0 aliphatic carbocycles. The Kier molecular flexibility index (Phi) is 4.66. The van der Waals surface area contributed by atoms with Crippen LogP contribution in [-0.2, 0) is 10.0 Å². The molecule has 0 unspecified atom stereocenters. The average molecular weight is 334 g/mol. The lowest BCUT2D eigenvalue weighted by molar-refractivity contribution is 0.479. The number of hydrogen-bond donors (Lipinski definition) is 0. The highest BCUT2D eigenvalue weighted by Crippen LogP contribution is 2.31. The first-order valence-electron chi connectivity index (χ1n) is 4.43. The third-order valence-electron chi connectivity index (χ3n) is 1.95. The van der Waals surface area contributed by atoms with E-state index in [1.807, 2.05) is 0 Å². The molecule has 1 aromatic rings. The standard InChI is InChI=1S/C9H8BrN3O2S2/c1-7-8(6-9(10)16-7)17(14,15)13(4-2-11)5-3-12/h6H,4-5H2,1H3. The van der Waals surface area contributed by atoms with Crippen LogP contribution in [0.2, 0.25) is 0 Å². The minimum atomic E-state index is -3.77. The highest BCUT2D eigenvalue weighted by atomic mass is 79.9. The Morgan fingerprint density at radius 2 is 1.94 bits per heavy atom. The molecule has 0 saturated carbocycles. The van der Waals surface area contributed by atoms with Gasteiger partial charge in [0.15, 0.2) is 0 Å². The van der Waals surface area contributed by atoms with Crippen LogP contribution in [0.3, 0.4) is 0 Å². The van der Waals surface area contributed by atoms with Crippen LogP contribution in [0.15, 0.2) is 14.7 Å². The minimum absolute atomic E-state index is 0.139. The molecule has 1 aromatic heterocycles. The summed E-state index contributed by atoms with van der Waals surface area (Å²) < 4.78 is 25.9. The van der Waals surface area contributed by atoms with Gasteiger partial charge < -0.3 is 0 Å². The Hall–Kier alpha value is -0.930. The molecule has 0 radical (unpaired) electrons. The molecule has 17 heavy (non-hydrogen) atoms. The van der Waals surface area contributed by atoms with Crippen LogP contribution in [-0.4, -0.2) is 25.8 Å². The van der Waals surface area contributed by atoms with Gasteiger partial charge in [-0.1, -0.05) is 0 Å². The molecule has 0 aliphatic heterocycles. The molecule has 1 rings (SSSR count). The molecule has 0 atom stereocenters. The molecule has 8 heteroatoms. The van der Waals surface area contributed by atoms with Gasteiger partial charge >= 0.3 is 0 Å². The normalized spacial score (nSPS) is 11.1. The summed E-state index contributed by atoms with van der Waals surface area (Å²) in [5.74, 6) is 0. The van der Waals surface area contributed by atoms with Gasteiger partial charge in [0.2, 0.25) is 10.0 Å². The van der Waals surface area contributed by atoms with E-state index in [9.17, 15) is 8.42 Å². The molecule has 5 nitrogen and oxygen atoms in total. The van der Waals surface area contributed by atoms with Gasteiger partial charge in [-0.25, -0.2) is 8.42 Å². The first-order valence-corrected chi connectivity index (χ1v) is 7.48. The molecular weight excluding hydrogens is 326 g/mol. The molecule has 0 saturated heterocycles. The Bertz CT molecular complexity index is 579. The lowest BCUT2D eigenvalue weighted by atomic mass is 10.5. The largest absolute Gasteiger partial charge is 0.246 e. The third-order valence-corrected chi connectivity index (χ3v) is 5.55. The Labute approximate surface area is 112 Å². The highest BCUT2D eigenvalue weighted by Gasteiger charge is 2.27. The van der Waals surface area contributed by atoms with Crippen molar-refractivity contribution in [3.8, 4) is 12.1 Å². The summed E-state index contributed by atoms with van der Waals surface area (Å²) in [5, 5.41) is 17.2. The van der Waals surface area contributed by atoms with E-state index in [0.717, 1.165) is 4.31 Å². The van der Waals surface area contributed by atoms with E-state index in [1.165, 1.54) is 17.4 Å². The second kappa shape index (κ2) is 5.61. The predicted molar refractivity (Wildman–Crippen MR) is 66.7 cm³/mol. The van der Waals surface area contributed by atoms with Crippen LogP contribution in [0.1, 0.15) is 4.88 Å². The van der Waals surface area contributed by atoms with Crippen LogP contribution in [0, 0.1) is 29.6 Å². The van der Waals surface area contributed by atoms with Crippen molar-refractivity contribution in [3.63, 3.8) is 0 Å². The summed E-state index contributed by atoms with van der Waals surface area (Å²) in [6.45, 7) is 1.02. The minimum Gasteiger partial charge on any atom is -0.207 e. The van der Waals surface area contributed by atoms with Crippen LogP contribution in [0.5, 0.6) is 0 Å². The second-order valence-electron chi connectivity index (χ2n) is 3.06. The highest BCUT2D eigenvalue weighted by molar-refractivity contribution is 9.11. The van der Waals surface area contributed by atoms with Gasteiger partial charge in [0.1, 0.15) is 13.1 Å². The van der Waals surface area contributed by atoms with E-state index in [1.54, 1.807) is 19.1 Å². The zero-order valence-corrected chi connectivity index (χ0v) is 12.1. The van der Waals surface area contributed by atoms with Gasteiger partial charge in [-0.2, -0.15) is 14.8 Å². The number of aryl methyl sites for hydroxylation is 1. The Morgan fingerprint density at radius 3 is 2.29 bits per heavy atom. The van der Waals surface area contributed by atoms with Crippen LogP contribution in [0.4, 0.5) is 0 Å². The van der Waals surface area contributed by atoms with Crippen molar-refractivity contribution < 1.29 is 8.42 Å². The zero-order chi connectivity index (χ0) is 13.1. The first kappa shape index (κ1) is 14.1. The van der Waals surface area contributed by atoms with E-state index in [4.69, 9.17) is 10.5 Å². The number of thiophene rings is 1. The summed E-state index contributed by atoms with van der Waals surface area (Å²) in [4.78, 5) is 0.762. The number of rotatable bonds is 4. The van der Waals surface area contributed by atoms with Crippen molar-refractivity contribution in [2.45, 2.75) is 11.8 Å². The summed E-state index contributed by atoms with van der Waals surface area (Å²) in [7, 11) is -3.77. The molecule has 0 bridgehead atoms. The van der Waals surface area contributed by atoms with E-state index >= 15 is 0 Å². The maximum Gasteiger partial charge on any atom is 0.246 e. The van der Waals surface area contributed by atoms with Gasteiger partial charge in [0.05, 0.1) is 20.8 Å². The fourth-order valence-electron chi connectivity index (χ4n) is 1.21. The maximum absolute atomic E-state index is 12.2. The summed E-state index contributed by atoms with van der Waals surface area (Å²) in [6, 6.07) is 4.97. The summed E-state index contributed by atoms with van der Waals surface area (Å²) in [6.07, 6.45) is 0. The molecule has 0 fully saturated rings. The fourth-order valence-corrected chi connectivity index (χ4v) is 4.83. The Balaban J connectivity index is 3.22. The molecule has 1 heterocycles. The number of nitriles is 2. The number of sulfonamides is 1. The molecule has 0 aliphatic rings. The van der Waals surface area contributed by atoms with Gasteiger partial charge in [-0.15, -0.1) is 11.3 Å². The van der Waals surface area contributed by atoms with E-state index in [0.29, 0.717) is 8.66 Å². The number of hydrogen-bond acceptors (Lipinski definition) is 5. The van der Waals surface area contributed by atoms with Crippen LogP contribution < -0.4 is 0 Å². The zero-order valence-electron chi connectivity index (χ0n) is 8.84. The van der Waals surface area contributed by atoms with Crippen molar-refractivity contribution in [1.29, 1.82) is 10.5 Å². The SMILES string of the molecule is Cc1sc(Br)cc1S(=O)(=O)N(CC#N)CC#N. The lowest BCUT2D eigenvalue weighted by Crippen LogP contribution is -2.32. The predicted octanol–water partition coefficient (Wildman–Crippen LogP) is 1.86. The van der Waals surface area contributed by atoms with Crippen molar-refractivity contribution >= 4 is 37.3 Å². The van der Waals surface area contributed by atoms with Crippen LogP contribution >= 0.6 is 27.3 Å². The number of nitrogens with zero attached hydrogens (tertiary/aromatic N) is 3. The maximum atomic E-state index is 12.2.